The first kappa shape index (κ1) is 7.81. The Kier molecular flexibility index (Phi) is 1.89. The minimum absolute atomic E-state index is 0.376. The lowest BCUT2D eigenvalue weighted by Gasteiger charge is -2.22. The SMILES string of the molecule is CC1(c2ccccc2)CCNC1. The highest BCUT2D eigenvalue weighted by molar-refractivity contribution is 5.26. The van der Waals surface area contributed by atoms with Crippen LogP contribution in [-0.4, -0.2) is 13.1 Å². The maximum atomic E-state index is 3.41. The van der Waals surface area contributed by atoms with Crippen LogP contribution in [0.25, 0.3) is 0 Å². The van der Waals surface area contributed by atoms with Crippen molar-refractivity contribution < 1.29 is 0 Å². The van der Waals surface area contributed by atoms with Gasteiger partial charge in [-0.25, -0.2) is 0 Å². The second-order valence-electron chi connectivity index (χ2n) is 3.85. The van der Waals surface area contributed by atoms with E-state index in [1.165, 1.54) is 12.0 Å². The zero-order chi connectivity index (χ0) is 8.44. The molecule has 0 amide bonds. The highest BCUT2D eigenvalue weighted by Gasteiger charge is 2.29. The molecule has 0 saturated carbocycles. The second kappa shape index (κ2) is 2.91. The fourth-order valence-electron chi connectivity index (χ4n) is 1.90. The van der Waals surface area contributed by atoms with E-state index in [2.05, 4.69) is 42.6 Å². The molecule has 1 nitrogen and oxygen atoms in total. The van der Waals surface area contributed by atoms with Crippen molar-refractivity contribution in [1.29, 1.82) is 0 Å². The summed E-state index contributed by atoms with van der Waals surface area (Å²) in [6.45, 7) is 4.62. The molecule has 64 valence electrons. The number of benzene rings is 1. The van der Waals surface area contributed by atoms with Gasteiger partial charge in [-0.2, -0.15) is 0 Å². The van der Waals surface area contributed by atoms with Crippen molar-refractivity contribution in [2.75, 3.05) is 13.1 Å². The molecule has 1 N–H and O–H groups in total. The van der Waals surface area contributed by atoms with Crippen molar-refractivity contribution in [2.24, 2.45) is 0 Å². The molecule has 0 aliphatic carbocycles. The van der Waals surface area contributed by atoms with Crippen molar-refractivity contribution in [2.45, 2.75) is 18.8 Å². The van der Waals surface area contributed by atoms with Gasteiger partial charge < -0.3 is 5.32 Å². The maximum absolute atomic E-state index is 3.41. The quantitative estimate of drug-likeness (QED) is 0.663. The molecule has 1 unspecified atom stereocenters. The van der Waals surface area contributed by atoms with Gasteiger partial charge in [-0.1, -0.05) is 37.3 Å². The van der Waals surface area contributed by atoms with Gasteiger partial charge >= 0.3 is 0 Å². The fraction of sp³-hybridized carbons (Fsp3) is 0.455. The molecule has 0 radical (unpaired) electrons. The Bertz CT molecular complexity index is 247. The van der Waals surface area contributed by atoms with E-state index >= 15 is 0 Å². The lowest BCUT2D eigenvalue weighted by molar-refractivity contribution is 0.525. The summed E-state index contributed by atoms with van der Waals surface area (Å²) in [5, 5.41) is 3.41. The van der Waals surface area contributed by atoms with Crippen LogP contribution >= 0.6 is 0 Å². The Morgan fingerprint density at radius 1 is 1.25 bits per heavy atom. The summed E-state index contributed by atoms with van der Waals surface area (Å²) < 4.78 is 0. The minimum Gasteiger partial charge on any atom is -0.316 e. The smallest absolute Gasteiger partial charge is 0.00615 e. The van der Waals surface area contributed by atoms with Crippen LogP contribution in [0.4, 0.5) is 0 Å². The van der Waals surface area contributed by atoms with Crippen LogP contribution in [0, 0.1) is 0 Å². The van der Waals surface area contributed by atoms with E-state index in [0.29, 0.717) is 5.41 Å². The van der Waals surface area contributed by atoms with Crippen LogP contribution in [0.15, 0.2) is 30.3 Å². The second-order valence-corrected chi connectivity index (χ2v) is 3.85. The summed E-state index contributed by atoms with van der Waals surface area (Å²) in [4.78, 5) is 0. The highest BCUT2D eigenvalue weighted by atomic mass is 14.9. The third-order valence-corrected chi connectivity index (χ3v) is 2.84. The van der Waals surface area contributed by atoms with Crippen molar-refractivity contribution in [1.82, 2.24) is 5.32 Å². The summed E-state index contributed by atoms with van der Waals surface area (Å²) in [6.07, 6.45) is 1.26. The molecule has 1 atom stereocenters. The molecule has 1 aliphatic heterocycles. The van der Waals surface area contributed by atoms with Crippen molar-refractivity contribution in [3.8, 4) is 0 Å². The average Bonchev–Trinajstić information content (AvgIpc) is 2.55. The van der Waals surface area contributed by atoms with Crippen LogP contribution in [0.3, 0.4) is 0 Å². The van der Waals surface area contributed by atoms with E-state index in [1.54, 1.807) is 0 Å². The van der Waals surface area contributed by atoms with Gasteiger partial charge in [0.15, 0.2) is 0 Å². The van der Waals surface area contributed by atoms with Crippen LogP contribution < -0.4 is 5.32 Å². The third kappa shape index (κ3) is 1.25. The largest absolute Gasteiger partial charge is 0.316 e. The molecule has 1 aromatic carbocycles. The Morgan fingerprint density at radius 3 is 2.58 bits per heavy atom. The molecule has 1 aliphatic rings. The zero-order valence-electron chi connectivity index (χ0n) is 7.51. The fourth-order valence-corrected chi connectivity index (χ4v) is 1.90. The molecule has 0 aromatic heterocycles. The lowest BCUT2D eigenvalue weighted by atomic mass is 9.82. The summed E-state index contributed by atoms with van der Waals surface area (Å²) >= 11 is 0. The topological polar surface area (TPSA) is 12.0 Å². The molecule has 1 fully saturated rings. The number of rotatable bonds is 1. The predicted molar refractivity (Wildman–Crippen MR) is 51.3 cm³/mol. The van der Waals surface area contributed by atoms with Crippen LogP contribution in [0.5, 0.6) is 0 Å². The first-order valence-electron chi connectivity index (χ1n) is 4.57. The van der Waals surface area contributed by atoms with Crippen LogP contribution in [0.1, 0.15) is 18.9 Å². The van der Waals surface area contributed by atoms with Crippen molar-refractivity contribution >= 4 is 0 Å². The van der Waals surface area contributed by atoms with E-state index in [0.717, 1.165) is 13.1 Å². The Morgan fingerprint density at radius 2 is 2.00 bits per heavy atom. The molecule has 0 bridgehead atoms. The lowest BCUT2D eigenvalue weighted by Crippen LogP contribution is -2.24. The number of hydrogen-bond acceptors (Lipinski definition) is 1. The zero-order valence-corrected chi connectivity index (χ0v) is 7.51. The van der Waals surface area contributed by atoms with E-state index in [-0.39, 0.29) is 0 Å². The van der Waals surface area contributed by atoms with Gasteiger partial charge in [0.25, 0.3) is 0 Å². The summed E-state index contributed by atoms with van der Waals surface area (Å²) in [6, 6.07) is 10.8. The van der Waals surface area contributed by atoms with Gasteiger partial charge in [0.05, 0.1) is 0 Å². The van der Waals surface area contributed by atoms with E-state index in [9.17, 15) is 0 Å². The highest BCUT2D eigenvalue weighted by Crippen LogP contribution is 2.29. The monoisotopic (exact) mass is 161 g/mol. The van der Waals surface area contributed by atoms with Gasteiger partial charge in [-0.05, 0) is 18.5 Å². The summed E-state index contributed by atoms with van der Waals surface area (Å²) in [5.74, 6) is 0. The first-order chi connectivity index (χ1) is 5.81. The minimum atomic E-state index is 0.376. The third-order valence-electron chi connectivity index (χ3n) is 2.84. The van der Waals surface area contributed by atoms with Crippen LogP contribution in [0.2, 0.25) is 0 Å². The molecule has 1 heterocycles. The molecular weight excluding hydrogens is 146 g/mol. The molecule has 1 saturated heterocycles. The van der Waals surface area contributed by atoms with Crippen LogP contribution in [-0.2, 0) is 5.41 Å². The van der Waals surface area contributed by atoms with Gasteiger partial charge in [-0.3, -0.25) is 0 Å². The number of nitrogens with one attached hydrogen (secondary N) is 1. The van der Waals surface area contributed by atoms with Crippen molar-refractivity contribution in [3.63, 3.8) is 0 Å². The van der Waals surface area contributed by atoms with Gasteiger partial charge in [-0.15, -0.1) is 0 Å². The summed E-state index contributed by atoms with van der Waals surface area (Å²) in [5.41, 5.74) is 1.84. The van der Waals surface area contributed by atoms with Gasteiger partial charge in [0.2, 0.25) is 0 Å². The average molecular weight is 161 g/mol. The normalized spacial score (nSPS) is 29.1. The Balaban J connectivity index is 2.29. The van der Waals surface area contributed by atoms with Crippen molar-refractivity contribution in [3.05, 3.63) is 35.9 Å². The predicted octanol–water partition coefficient (Wildman–Crippen LogP) is 1.94. The van der Waals surface area contributed by atoms with E-state index in [1.807, 2.05) is 0 Å². The van der Waals surface area contributed by atoms with Gasteiger partial charge in [0, 0.05) is 12.0 Å². The van der Waals surface area contributed by atoms with Gasteiger partial charge in [0.1, 0.15) is 0 Å². The Hall–Kier alpha value is -0.820. The molecule has 0 spiro atoms. The van der Waals surface area contributed by atoms with E-state index < -0.39 is 0 Å². The van der Waals surface area contributed by atoms with E-state index in [4.69, 9.17) is 0 Å². The standard InChI is InChI=1S/C11H15N/c1-11(7-8-12-9-11)10-5-3-2-4-6-10/h2-6,12H,7-9H2,1H3. The first-order valence-corrected chi connectivity index (χ1v) is 4.57. The summed E-state index contributed by atoms with van der Waals surface area (Å²) in [7, 11) is 0. The molecule has 12 heavy (non-hydrogen) atoms. The number of hydrogen-bond donors (Lipinski definition) is 1. The molecule has 1 aromatic rings. The maximum Gasteiger partial charge on any atom is 0.00615 e. The molecule has 2 rings (SSSR count). The Labute approximate surface area is 73.8 Å². The molecular formula is C11H15N. The molecule has 1 heteroatoms.